The molecular formula is C21H19N3OS. The summed E-state index contributed by atoms with van der Waals surface area (Å²) < 4.78 is 2.06. The molecule has 0 fully saturated rings. The summed E-state index contributed by atoms with van der Waals surface area (Å²) >= 11 is 1.43. The van der Waals surface area contributed by atoms with Gasteiger partial charge in [-0.3, -0.25) is 9.20 Å². The van der Waals surface area contributed by atoms with Crippen molar-refractivity contribution in [2.45, 2.75) is 25.9 Å². The van der Waals surface area contributed by atoms with Crippen LogP contribution >= 0.6 is 11.8 Å². The van der Waals surface area contributed by atoms with Gasteiger partial charge < -0.3 is 0 Å². The molecule has 4 nitrogen and oxygen atoms in total. The van der Waals surface area contributed by atoms with E-state index in [-0.39, 0.29) is 5.78 Å². The zero-order valence-electron chi connectivity index (χ0n) is 15.0. The van der Waals surface area contributed by atoms with Gasteiger partial charge in [0.05, 0.1) is 11.3 Å². The van der Waals surface area contributed by atoms with E-state index in [4.69, 9.17) is 0 Å². The van der Waals surface area contributed by atoms with Crippen LogP contribution in [0.15, 0.2) is 53.7 Å². The molecule has 2 aromatic carbocycles. The largest absolute Gasteiger partial charge is 0.293 e. The average molecular weight is 361 g/mol. The van der Waals surface area contributed by atoms with E-state index in [0.29, 0.717) is 5.75 Å². The summed E-state index contributed by atoms with van der Waals surface area (Å²) in [6.07, 6.45) is 0. The Labute approximate surface area is 156 Å². The SMILES string of the molecule is Cc1ccc(C(=O)CSc2nnc3c(C)cc4ccc(C)cc4n23)cc1. The molecule has 5 heteroatoms. The zero-order valence-corrected chi connectivity index (χ0v) is 15.8. The summed E-state index contributed by atoms with van der Waals surface area (Å²) in [7, 11) is 0. The standard InChI is InChI=1S/C21H19N3OS/c1-13-4-7-16(8-5-13)19(25)12-26-21-23-22-20-15(3)11-17-9-6-14(2)10-18(17)24(20)21/h4-11H,12H2,1-3H3. The minimum Gasteiger partial charge on any atom is -0.293 e. The molecule has 2 aromatic heterocycles. The van der Waals surface area contributed by atoms with E-state index < -0.39 is 0 Å². The molecule has 0 aliphatic rings. The third-order valence-corrected chi connectivity index (χ3v) is 5.42. The van der Waals surface area contributed by atoms with E-state index in [1.807, 2.05) is 38.1 Å². The Bertz CT molecular complexity index is 1130. The fourth-order valence-corrected chi connectivity index (χ4v) is 3.90. The van der Waals surface area contributed by atoms with Crippen LogP contribution in [0.4, 0.5) is 0 Å². The van der Waals surface area contributed by atoms with Gasteiger partial charge in [0.1, 0.15) is 0 Å². The molecule has 0 bridgehead atoms. The summed E-state index contributed by atoms with van der Waals surface area (Å²) in [5.41, 5.74) is 6.05. The molecule has 2 heterocycles. The number of aromatic nitrogens is 3. The second-order valence-electron chi connectivity index (χ2n) is 6.61. The maximum absolute atomic E-state index is 12.5. The highest BCUT2D eigenvalue weighted by Gasteiger charge is 2.14. The van der Waals surface area contributed by atoms with Gasteiger partial charge in [0.25, 0.3) is 0 Å². The maximum Gasteiger partial charge on any atom is 0.196 e. The van der Waals surface area contributed by atoms with Crippen LogP contribution in [0.25, 0.3) is 16.6 Å². The number of carbonyl (C=O) groups is 1. The molecule has 130 valence electrons. The highest BCUT2D eigenvalue weighted by molar-refractivity contribution is 7.99. The van der Waals surface area contributed by atoms with Crippen LogP contribution in [0.3, 0.4) is 0 Å². The maximum atomic E-state index is 12.5. The van der Waals surface area contributed by atoms with E-state index in [9.17, 15) is 4.79 Å². The van der Waals surface area contributed by atoms with Crippen LogP contribution in [-0.2, 0) is 0 Å². The highest BCUT2D eigenvalue weighted by Crippen LogP contribution is 2.26. The molecule has 4 aromatic rings. The fourth-order valence-electron chi connectivity index (χ4n) is 3.06. The number of benzene rings is 2. The van der Waals surface area contributed by atoms with Gasteiger partial charge in [-0.15, -0.1) is 10.2 Å². The molecule has 0 radical (unpaired) electrons. The minimum atomic E-state index is 0.0971. The number of pyridine rings is 1. The van der Waals surface area contributed by atoms with Gasteiger partial charge in [0.2, 0.25) is 0 Å². The van der Waals surface area contributed by atoms with E-state index >= 15 is 0 Å². The predicted octanol–water partition coefficient (Wildman–Crippen LogP) is 4.78. The fraction of sp³-hybridized carbons (Fsp3) is 0.190. The van der Waals surface area contributed by atoms with Crippen LogP contribution in [0.2, 0.25) is 0 Å². The summed E-state index contributed by atoms with van der Waals surface area (Å²) in [4.78, 5) is 12.5. The van der Waals surface area contributed by atoms with Crippen molar-refractivity contribution >= 4 is 34.1 Å². The van der Waals surface area contributed by atoms with Crippen molar-refractivity contribution in [3.05, 3.63) is 70.8 Å². The number of aryl methyl sites for hydroxylation is 3. The monoisotopic (exact) mass is 361 g/mol. The van der Waals surface area contributed by atoms with Gasteiger partial charge in [0, 0.05) is 5.56 Å². The lowest BCUT2D eigenvalue weighted by atomic mass is 10.1. The van der Waals surface area contributed by atoms with Gasteiger partial charge in [-0.1, -0.05) is 53.7 Å². The number of hydrogen-bond donors (Lipinski definition) is 0. The van der Waals surface area contributed by atoms with Gasteiger partial charge >= 0.3 is 0 Å². The third-order valence-electron chi connectivity index (χ3n) is 4.49. The molecule has 0 saturated carbocycles. The first kappa shape index (κ1) is 16.8. The van der Waals surface area contributed by atoms with E-state index in [1.54, 1.807) is 0 Å². The van der Waals surface area contributed by atoms with Crippen molar-refractivity contribution < 1.29 is 4.79 Å². The second kappa shape index (κ2) is 6.57. The predicted molar refractivity (Wildman–Crippen MR) is 106 cm³/mol. The van der Waals surface area contributed by atoms with E-state index in [0.717, 1.165) is 38.4 Å². The normalized spacial score (nSPS) is 11.3. The lowest BCUT2D eigenvalue weighted by molar-refractivity contribution is 0.102. The molecule has 0 unspecified atom stereocenters. The van der Waals surface area contributed by atoms with Crippen molar-refractivity contribution in [3.63, 3.8) is 0 Å². The van der Waals surface area contributed by atoms with Crippen LogP contribution in [0.5, 0.6) is 0 Å². The van der Waals surface area contributed by atoms with Crippen LogP contribution in [0.1, 0.15) is 27.0 Å². The van der Waals surface area contributed by atoms with E-state index in [1.165, 1.54) is 17.3 Å². The molecule has 0 N–H and O–H groups in total. The minimum absolute atomic E-state index is 0.0971. The Balaban J connectivity index is 1.70. The Hall–Kier alpha value is -2.66. The van der Waals surface area contributed by atoms with Crippen molar-refractivity contribution in [2.24, 2.45) is 0 Å². The summed E-state index contributed by atoms with van der Waals surface area (Å²) in [5, 5.41) is 10.6. The summed E-state index contributed by atoms with van der Waals surface area (Å²) in [5.74, 6) is 0.436. The molecule has 0 aliphatic heterocycles. The number of rotatable bonds is 4. The molecule has 0 spiro atoms. The van der Waals surface area contributed by atoms with Crippen LogP contribution < -0.4 is 0 Å². The van der Waals surface area contributed by atoms with Gasteiger partial charge in [-0.25, -0.2) is 0 Å². The van der Waals surface area contributed by atoms with Gasteiger partial charge in [-0.2, -0.15) is 0 Å². The average Bonchev–Trinajstić information content (AvgIpc) is 3.06. The van der Waals surface area contributed by atoms with Crippen molar-refractivity contribution in [1.29, 1.82) is 0 Å². The second-order valence-corrected chi connectivity index (χ2v) is 7.55. The number of nitrogens with zero attached hydrogens (tertiary/aromatic N) is 3. The smallest absolute Gasteiger partial charge is 0.196 e. The topological polar surface area (TPSA) is 47.3 Å². The molecule has 0 atom stereocenters. The summed E-state index contributed by atoms with van der Waals surface area (Å²) in [6.45, 7) is 6.12. The number of carbonyl (C=O) groups excluding carboxylic acids is 1. The van der Waals surface area contributed by atoms with Crippen LogP contribution in [-0.4, -0.2) is 26.1 Å². The van der Waals surface area contributed by atoms with Crippen molar-refractivity contribution in [1.82, 2.24) is 14.6 Å². The van der Waals surface area contributed by atoms with Gasteiger partial charge in [0.15, 0.2) is 16.6 Å². The molecule has 0 aliphatic carbocycles. The molecule has 0 amide bonds. The quantitative estimate of drug-likeness (QED) is 0.387. The van der Waals surface area contributed by atoms with Crippen molar-refractivity contribution in [2.75, 3.05) is 5.75 Å². The number of ketones is 1. The van der Waals surface area contributed by atoms with E-state index in [2.05, 4.69) is 45.8 Å². The molecule has 0 saturated heterocycles. The molecular weight excluding hydrogens is 342 g/mol. The first-order chi connectivity index (χ1) is 12.5. The summed E-state index contributed by atoms with van der Waals surface area (Å²) in [6, 6.07) is 16.2. The Morgan fingerprint density at radius 1 is 0.962 bits per heavy atom. The number of fused-ring (bicyclic) bond motifs is 3. The number of hydrogen-bond acceptors (Lipinski definition) is 4. The number of thioether (sulfide) groups is 1. The Kier molecular flexibility index (Phi) is 4.24. The molecule has 26 heavy (non-hydrogen) atoms. The van der Waals surface area contributed by atoms with Gasteiger partial charge in [-0.05, 0) is 49.4 Å². The van der Waals surface area contributed by atoms with Crippen LogP contribution in [0, 0.1) is 20.8 Å². The molecule has 4 rings (SSSR count). The zero-order chi connectivity index (χ0) is 18.3. The highest BCUT2D eigenvalue weighted by atomic mass is 32.2. The van der Waals surface area contributed by atoms with Crippen molar-refractivity contribution in [3.8, 4) is 0 Å². The first-order valence-electron chi connectivity index (χ1n) is 8.51. The number of Topliss-reactive ketones (excluding diaryl/α,β-unsaturated/α-hetero) is 1. The lowest BCUT2D eigenvalue weighted by Gasteiger charge is -2.08. The Morgan fingerprint density at radius 3 is 2.46 bits per heavy atom. The Morgan fingerprint density at radius 2 is 1.69 bits per heavy atom. The first-order valence-corrected chi connectivity index (χ1v) is 9.49. The third kappa shape index (κ3) is 2.99. The lowest BCUT2D eigenvalue weighted by Crippen LogP contribution is -2.03.